The predicted octanol–water partition coefficient (Wildman–Crippen LogP) is 2.39. The molecule has 8 nitrogen and oxygen atoms in total. The van der Waals surface area contributed by atoms with Gasteiger partial charge in [0.2, 0.25) is 17.7 Å². The molecule has 4 aromatic rings. The summed E-state index contributed by atoms with van der Waals surface area (Å²) in [6, 6.07) is 11.2. The van der Waals surface area contributed by atoms with Crippen LogP contribution in [0.5, 0.6) is 0 Å². The third-order valence-electron chi connectivity index (χ3n) is 4.16. The van der Waals surface area contributed by atoms with E-state index in [9.17, 15) is 9.59 Å². The lowest BCUT2D eigenvalue weighted by molar-refractivity contribution is -0.122. The highest BCUT2D eigenvalue weighted by Gasteiger charge is 2.12. The first-order chi connectivity index (χ1) is 13.6. The minimum atomic E-state index is -0.339. The third-order valence-corrected chi connectivity index (χ3v) is 5.34. The topological polar surface area (TPSA) is 103 Å². The van der Waals surface area contributed by atoms with Crippen molar-refractivity contribution >= 4 is 27.5 Å². The van der Waals surface area contributed by atoms with E-state index in [-0.39, 0.29) is 24.6 Å². The van der Waals surface area contributed by atoms with E-state index in [0.29, 0.717) is 22.0 Å². The molecule has 0 saturated heterocycles. The fourth-order valence-corrected chi connectivity index (χ4v) is 3.63. The molecule has 1 amide bonds. The minimum Gasteiger partial charge on any atom is -0.419 e. The first kappa shape index (κ1) is 18.1. The van der Waals surface area contributed by atoms with Gasteiger partial charge in [-0.1, -0.05) is 25.1 Å². The number of nitrogens with zero attached hydrogens (tertiary/aromatic N) is 4. The van der Waals surface area contributed by atoms with Gasteiger partial charge in [-0.25, -0.2) is 4.98 Å². The van der Waals surface area contributed by atoms with E-state index in [1.165, 1.54) is 22.2 Å². The minimum absolute atomic E-state index is 0.0848. The molecule has 9 heteroatoms. The van der Waals surface area contributed by atoms with Crippen LogP contribution in [-0.2, 0) is 24.3 Å². The standard InChI is InChI=1S/C19H17N5O3S/c1-2-13-8-14-18(28-13)21-11-24(19(14)26)10-15(25)20-9-16-22-23-17(27-16)12-6-4-3-5-7-12/h3-8,11H,2,9-10H2,1H3,(H,20,25). The number of carbonyl (C=O) groups is 1. The average Bonchev–Trinajstić information content (AvgIpc) is 3.36. The first-order valence-corrected chi connectivity index (χ1v) is 9.58. The predicted molar refractivity (Wildman–Crippen MR) is 105 cm³/mol. The summed E-state index contributed by atoms with van der Waals surface area (Å²) in [7, 11) is 0. The van der Waals surface area contributed by atoms with Gasteiger partial charge in [-0.15, -0.1) is 21.5 Å². The molecule has 1 aromatic carbocycles. The monoisotopic (exact) mass is 395 g/mol. The van der Waals surface area contributed by atoms with Gasteiger partial charge < -0.3 is 9.73 Å². The summed E-state index contributed by atoms with van der Waals surface area (Å²) in [6.07, 6.45) is 2.25. The summed E-state index contributed by atoms with van der Waals surface area (Å²) >= 11 is 1.49. The molecule has 0 unspecified atom stereocenters. The van der Waals surface area contributed by atoms with Crippen molar-refractivity contribution in [3.8, 4) is 11.5 Å². The molecule has 1 N–H and O–H groups in total. The second-order valence-electron chi connectivity index (χ2n) is 6.11. The van der Waals surface area contributed by atoms with E-state index in [2.05, 4.69) is 20.5 Å². The Balaban J connectivity index is 1.41. The molecule has 0 fully saturated rings. The zero-order valence-corrected chi connectivity index (χ0v) is 15.9. The Morgan fingerprint density at radius 2 is 2.07 bits per heavy atom. The van der Waals surface area contributed by atoms with E-state index in [0.717, 1.165) is 16.9 Å². The number of hydrogen-bond donors (Lipinski definition) is 1. The van der Waals surface area contributed by atoms with E-state index in [1.807, 2.05) is 43.3 Å². The number of hydrogen-bond acceptors (Lipinski definition) is 7. The maximum absolute atomic E-state index is 12.5. The van der Waals surface area contributed by atoms with Gasteiger partial charge in [0.15, 0.2) is 0 Å². The molecule has 0 saturated carbocycles. The summed E-state index contributed by atoms with van der Waals surface area (Å²) in [5.41, 5.74) is 0.584. The van der Waals surface area contributed by atoms with Gasteiger partial charge in [-0.05, 0) is 24.6 Å². The lowest BCUT2D eigenvalue weighted by atomic mass is 10.2. The molecular weight excluding hydrogens is 378 g/mol. The van der Waals surface area contributed by atoms with Crippen molar-refractivity contribution in [2.24, 2.45) is 0 Å². The maximum atomic E-state index is 12.5. The van der Waals surface area contributed by atoms with Crippen LogP contribution < -0.4 is 10.9 Å². The van der Waals surface area contributed by atoms with Crippen LogP contribution in [0.15, 0.2) is 51.9 Å². The molecule has 0 aliphatic heterocycles. The van der Waals surface area contributed by atoms with Crippen LogP contribution >= 0.6 is 11.3 Å². The molecular formula is C19H17N5O3S. The molecule has 0 spiro atoms. The lowest BCUT2D eigenvalue weighted by Crippen LogP contribution is -2.32. The third kappa shape index (κ3) is 3.70. The largest absolute Gasteiger partial charge is 0.419 e. The zero-order chi connectivity index (χ0) is 19.5. The van der Waals surface area contributed by atoms with Crippen LogP contribution in [0.4, 0.5) is 0 Å². The number of aryl methyl sites for hydroxylation is 1. The number of benzene rings is 1. The number of thiophene rings is 1. The van der Waals surface area contributed by atoms with Crippen LogP contribution in [0, 0.1) is 0 Å². The normalized spacial score (nSPS) is 11.0. The van der Waals surface area contributed by atoms with Crippen LogP contribution in [-0.4, -0.2) is 25.7 Å². The fraction of sp³-hybridized carbons (Fsp3) is 0.211. The number of carbonyl (C=O) groups excluding carboxylic acids is 1. The lowest BCUT2D eigenvalue weighted by Gasteiger charge is -2.05. The number of aromatic nitrogens is 4. The van der Waals surface area contributed by atoms with E-state index in [1.54, 1.807) is 0 Å². The van der Waals surface area contributed by atoms with Gasteiger partial charge in [0.25, 0.3) is 5.56 Å². The molecule has 28 heavy (non-hydrogen) atoms. The highest BCUT2D eigenvalue weighted by molar-refractivity contribution is 7.18. The van der Waals surface area contributed by atoms with Gasteiger partial charge >= 0.3 is 0 Å². The molecule has 0 radical (unpaired) electrons. The van der Waals surface area contributed by atoms with Crippen molar-refractivity contribution in [2.75, 3.05) is 0 Å². The van der Waals surface area contributed by atoms with Crippen molar-refractivity contribution in [1.82, 2.24) is 25.1 Å². The first-order valence-electron chi connectivity index (χ1n) is 8.76. The second-order valence-corrected chi connectivity index (χ2v) is 7.22. The van der Waals surface area contributed by atoms with Crippen LogP contribution in [0.25, 0.3) is 21.7 Å². The van der Waals surface area contributed by atoms with Gasteiger partial charge in [-0.2, -0.15) is 0 Å². The van der Waals surface area contributed by atoms with Crippen LogP contribution in [0.1, 0.15) is 17.7 Å². The second kappa shape index (κ2) is 7.73. The molecule has 0 atom stereocenters. The fourth-order valence-electron chi connectivity index (χ4n) is 2.70. The van der Waals surface area contributed by atoms with Crippen LogP contribution in [0.3, 0.4) is 0 Å². The van der Waals surface area contributed by atoms with Crippen molar-refractivity contribution in [3.05, 3.63) is 63.8 Å². The number of fused-ring (bicyclic) bond motifs is 1. The zero-order valence-electron chi connectivity index (χ0n) is 15.1. The number of amides is 1. The highest BCUT2D eigenvalue weighted by atomic mass is 32.1. The molecule has 0 bridgehead atoms. The molecule has 3 heterocycles. The average molecular weight is 395 g/mol. The molecule has 0 aliphatic rings. The van der Waals surface area contributed by atoms with Gasteiger partial charge in [0, 0.05) is 10.4 Å². The Bertz CT molecular complexity index is 1180. The van der Waals surface area contributed by atoms with E-state index >= 15 is 0 Å². The number of rotatable bonds is 6. The Morgan fingerprint density at radius 3 is 2.86 bits per heavy atom. The van der Waals surface area contributed by atoms with Crippen molar-refractivity contribution < 1.29 is 9.21 Å². The van der Waals surface area contributed by atoms with E-state index < -0.39 is 0 Å². The molecule has 4 rings (SSSR count). The molecule has 3 aromatic heterocycles. The Kier molecular flexibility index (Phi) is 4.98. The summed E-state index contributed by atoms with van der Waals surface area (Å²) in [4.78, 5) is 30.8. The quantitative estimate of drug-likeness (QED) is 0.538. The van der Waals surface area contributed by atoms with Gasteiger partial charge in [0.05, 0.1) is 18.3 Å². The van der Waals surface area contributed by atoms with Crippen LogP contribution in [0.2, 0.25) is 0 Å². The summed E-state index contributed by atoms with van der Waals surface area (Å²) in [5.74, 6) is 0.340. The smallest absolute Gasteiger partial charge is 0.262 e. The molecule has 142 valence electrons. The SMILES string of the molecule is CCc1cc2c(=O)n(CC(=O)NCc3nnc(-c4ccccc4)o3)cnc2s1. The summed E-state index contributed by atoms with van der Waals surface area (Å²) in [6.45, 7) is 1.98. The Morgan fingerprint density at radius 1 is 1.25 bits per heavy atom. The Labute approximate surface area is 163 Å². The Hall–Kier alpha value is -3.33. The van der Waals surface area contributed by atoms with Crippen molar-refractivity contribution in [1.29, 1.82) is 0 Å². The highest BCUT2D eigenvalue weighted by Crippen LogP contribution is 2.21. The van der Waals surface area contributed by atoms with Crippen molar-refractivity contribution in [2.45, 2.75) is 26.4 Å². The van der Waals surface area contributed by atoms with Gasteiger partial charge in [0.1, 0.15) is 11.4 Å². The summed E-state index contributed by atoms with van der Waals surface area (Å²) in [5, 5.41) is 11.1. The maximum Gasteiger partial charge on any atom is 0.262 e. The number of nitrogens with one attached hydrogen (secondary N) is 1. The molecule has 0 aliphatic carbocycles. The summed E-state index contributed by atoms with van der Waals surface area (Å²) < 4.78 is 6.85. The van der Waals surface area contributed by atoms with Crippen molar-refractivity contribution in [3.63, 3.8) is 0 Å². The van der Waals surface area contributed by atoms with Gasteiger partial charge in [-0.3, -0.25) is 14.2 Å². The van der Waals surface area contributed by atoms with E-state index in [4.69, 9.17) is 4.42 Å².